The van der Waals surface area contributed by atoms with Crippen LogP contribution in [0.5, 0.6) is 0 Å². The SMILES string of the molecule is C=C1N=C(N)C=CN1[C@@H]1O[C@H](COP(=O)(O)OP(=O)(O)OP(=O)(O)O)C(O)C1(C)C. The van der Waals surface area contributed by atoms with Crippen LogP contribution in [0.4, 0.5) is 0 Å². The summed E-state index contributed by atoms with van der Waals surface area (Å²) in [5, 5.41) is 10.5. The zero-order valence-corrected chi connectivity index (χ0v) is 18.4. The van der Waals surface area contributed by atoms with Crippen molar-refractivity contribution in [2.45, 2.75) is 32.3 Å². The van der Waals surface area contributed by atoms with E-state index in [0.29, 0.717) is 0 Å². The minimum Gasteiger partial charge on any atom is -0.390 e. The van der Waals surface area contributed by atoms with Gasteiger partial charge in [0.05, 0.1) is 12.7 Å². The van der Waals surface area contributed by atoms with Crippen molar-refractivity contribution in [3.63, 3.8) is 0 Å². The number of phosphoric acid groups is 3. The normalized spacial score (nSPS) is 30.6. The Balaban J connectivity index is 2.06. The third kappa shape index (κ3) is 6.30. The van der Waals surface area contributed by atoms with E-state index >= 15 is 0 Å². The van der Waals surface area contributed by atoms with Gasteiger partial charge in [0.15, 0.2) is 0 Å². The van der Waals surface area contributed by atoms with Crippen molar-refractivity contribution in [2.24, 2.45) is 16.1 Å². The second-order valence-electron chi connectivity index (χ2n) is 6.86. The monoisotopic (exact) mass is 493 g/mol. The predicted molar refractivity (Wildman–Crippen MR) is 100 cm³/mol. The van der Waals surface area contributed by atoms with Crippen LogP contribution >= 0.6 is 23.5 Å². The van der Waals surface area contributed by atoms with E-state index in [2.05, 4.69) is 24.7 Å². The maximum absolute atomic E-state index is 11.9. The highest BCUT2D eigenvalue weighted by molar-refractivity contribution is 7.66. The smallest absolute Gasteiger partial charge is 0.390 e. The number of amidine groups is 1. The largest absolute Gasteiger partial charge is 0.490 e. The molecule has 1 saturated heterocycles. The van der Waals surface area contributed by atoms with Crippen LogP contribution in [0.2, 0.25) is 0 Å². The van der Waals surface area contributed by atoms with E-state index in [4.69, 9.17) is 25.2 Å². The molecule has 2 aliphatic heterocycles. The number of aliphatic hydroxyl groups is 1. The molecule has 18 heteroatoms. The molecule has 2 rings (SSSR count). The third-order valence-corrected chi connectivity index (χ3v) is 7.89. The molecule has 2 heterocycles. The summed E-state index contributed by atoms with van der Waals surface area (Å²) in [6.07, 6.45) is -0.310. The summed E-state index contributed by atoms with van der Waals surface area (Å²) in [5.41, 5.74) is 4.61. The second kappa shape index (κ2) is 8.55. The Hall–Kier alpha value is -0.920. The number of aliphatic hydroxyl groups excluding tert-OH is 1. The lowest BCUT2D eigenvalue weighted by molar-refractivity contribution is -0.0664. The molecule has 0 radical (unpaired) electrons. The number of hydrogen-bond donors (Lipinski definition) is 6. The Morgan fingerprint density at radius 1 is 1.23 bits per heavy atom. The standard InChI is InChI=1S/C12H22N3O12P3/c1-7-14-9(13)4-5-15(7)11-12(2,3)10(16)8(25-11)6-24-29(20,21)27-30(22,23)26-28(17,18)19/h4-5,8,10-11,16H,1,6H2,2-3H3,(H2,13,14)(H,20,21)(H,22,23)(H2,17,18,19)/t8-,10?,11-/m1/s1. The average Bonchev–Trinajstić information content (AvgIpc) is 2.73. The van der Waals surface area contributed by atoms with Gasteiger partial charge in [0.25, 0.3) is 0 Å². The van der Waals surface area contributed by atoms with Crippen LogP contribution in [-0.4, -0.2) is 60.5 Å². The van der Waals surface area contributed by atoms with Gasteiger partial charge in [-0.05, 0) is 6.08 Å². The maximum atomic E-state index is 11.9. The molecule has 1 fully saturated rings. The van der Waals surface area contributed by atoms with Crippen LogP contribution in [0.3, 0.4) is 0 Å². The molecule has 5 atom stereocenters. The van der Waals surface area contributed by atoms with Gasteiger partial charge in [0.1, 0.15) is 24.0 Å². The third-order valence-electron chi connectivity index (χ3n) is 4.09. The molecule has 0 aromatic rings. The fourth-order valence-corrected chi connectivity index (χ4v) is 5.80. The van der Waals surface area contributed by atoms with E-state index in [-0.39, 0.29) is 11.7 Å². The number of hydrogen-bond acceptors (Lipinski definition) is 11. The summed E-state index contributed by atoms with van der Waals surface area (Å²) in [6.45, 7) is 6.21. The highest BCUT2D eigenvalue weighted by atomic mass is 31.3. The van der Waals surface area contributed by atoms with Crippen LogP contribution in [0, 0.1) is 5.41 Å². The molecular formula is C12H22N3O12P3. The van der Waals surface area contributed by atoms with Gasteiger partial charge in [-0.3, -0.25) is 4.52 Å². The van der Waals surface area contributed by atoms with Crippen molar-refractivity contribution in [1.82, 2.24) is 4.90 Å². The predicted octanol–water partition coefficient (Wildman–Crippen LogP) is 0.0994. The van der Waals surface area contributed by atoms with Crippen LogP contribution in [0.1, 0.15) is 13.8 Å². The lowest BCUT2D eigenvalue weighted by Gasteiger charge is -2.36. The maximum Gasteiger partial charge on any atom is 0.490 e. The molecule has 0 spiro atoms. The molecule has 0 bridgehead atoms. The molecule has 0 saturated carbocycles. The molecule has 15 nitrogen and oxygen atoms in total. The number of nitrogens with two attached hydrogens (primary N) is 1. The fourth-order valence-electron chi connectivity index (χ4n) is 2.77. The van der Waals surface area contributed by atoms with E-state index in [9.17, 15) is 23.7 Å². The van der Waals surface area contributed by atoms with Crippen molar-refractivity contribution in [3.05, 3.63) is 24.7 Å². The first-order valence-corrected chi connectivity index (χ1v) is 12.6. The summed E-state index contributed by atoms with van der Waals surface area (Å²) in [6, 6.07) is 0. The molecule has 7 N–H and O–H groups in total. The van der Waals surface area contributed by atoms with E-state index in [1.165, 1.54) is 17.2 Å². The van der Waals surface area contributed by atoms with Crippen LogP contribution in [0.25, 0.3) is 0 Å². The molecule has 172 valence electrons. The van der Waals surface area contributed by atoms with Gasteiger partial charge in [-0.25, -0.2) is 18.7 Å². The molecule has 3 unspecified atom stereocenters. The van der Waals surface area contributed by atoms with Gasteiger partial charge in [-0.1, -0.05) is 20.4 Å². The number of phosphoric ester groups is 1. The van der Waals surface area contributed by atoms with Gasteiger partial charge in [-0.15, -0.1) is 0 Å². The Bertz CT molecular complexity index is 898. The zero-order chi connectivity index (χ0) is 23.1. The summed E-state index contributed by atoms with van der Waals surface area (Å²) >= 11 is 0. The van der Waals surface area contributed by atoms with E-state index in [0.717, 1.165) is 0 Å². The van der Waals surface area contributed by atoms with E-state index in [1.807, 2.05) is 0 Å². The van der Waals surface area contributed by atoms with Crippen LogP contribution in [-0.2, 0) is 31.6 Å². The van der Waals surface area contributed by atoms with E-state index in [1.54, 1.807) is 13.8 Å². The summed E-state index contributed by atoms with van der Waals surface area (Å²) in [7, 11) is -16.5. The fraction of sp³-hybridized carbons (Fsp3) is 0.583. The highest BCUT2D eigenvalue weighted by Crippen LogP contribution is 2.66. The van der Waals surface area contributed by atoms with Gasteiger partial charge < -0.3 is 40.1 Å². The lowest BCUT2D eigenvalue weighted by atomic mass is 9.84. The van der Waals surface area contributed by atoms with Gasteiger partial charge in [0, 0.05) is 11.6 Å². The lowest BCUT2D eigenvalue weighted by Crippen LogP contribution is -2.44. The Morgan fingerprint density at radius 3 is 2.37 bits per heavy atom. The van der Waals surface area contributed by atoms with Crippen molar-refractivity contribution in [1.29, 1.82) is 0 Å². The summed E-state index contributed by atoms with van der Waals surface area (Å²) in [5.74, 6) is 0.422. The summed E-state index contributed by atoms with van der Waals surface area (Å²) < 4.78 is 51.3. The van der Waals surface area contributed by atoms with Gasteiger partial charge in [-0.2, -0.15) is 8.62 Å². The average molecular weight is 493 g/mol. The molecule has 30 heavy (non-hydrogen) atoms. The van der Waals surface area contributed by atoms with Gasteiger partial charge in [0.2, 0.25) is 0 Å². The zero-order valence-electron chi connectivity index (χ0n) is 15.7. The Morgan fingerprint density at radius 2 is 1.83 bits per heavy atom. The number of aliphatic imine (C=N–C) groups is 1. The molecular weight excluding hydrogens is 471 g/mol. The Kier molecular flexibility index (Phi) is 7.22. The van der Waals surface area contributed by atoms with Crippen molar-refractivity contribution < 1.29 is 56.3 Å². The molecule has 0 aliphatic carbocycles. The quantitative estimate of drug-likeness (QED) is 0.246. The minimum absolute atomic E-state index is 0.205. The Labute approximate surface area is 170 Å². The van der Waals surface area contributed by atoms with Gasteiger partial charge >= 0.3 is 23.5 Å². The molecule has 2 aliphatic rings. The number of rotatable bonds is 8. The van der Waals surface area contributed by atoms with Crippen molar-refractivity contribution in [2.75, 3.05) is 6.61 Å². The second-order valence-corrected chi connectivity index (χ2v) is 11.3. The van der Waals surface area contributed by atoms with Crippen molar-refractivity contribution >= 4 is 29.3 Å². The highest BCUT2D eigenvalue weighted by Gasteiger charge is 2.53. The topological polar surface area (TPSA) is 231 Å². The summed E-state index contributed by atoms with van der Waals surface area (Å²) in [4.78, 5) is 41.2. The van der Waals surface area contributed by atoms with Crippen molar-refractivity contribution in [3.8, 4) is 0 Å². The molecule has 0 amide bonds. The number of ether oxygens (including phenoxy) is 1. The number of nitrogens with zero attached hydrogens (tertiary/aromatic N) is 2. The van der Waals surface area contributed by atoms with Crippen LogP contribution < -0.4 is 5.73 Å². The molecule has 0 aromatic carbocycles. The first-order chi connectivity index (χ1) is 13.4. The first-order valence-electron chi connectivity index (χ1n) is 8.05. The van der Waals surface area contributed by atoms with Crippen LogP contribution in [0.15, 0.2) is 29.7 Å². The first kappa shape index (κ1) is 25.3. The molecule has 0 aromatic heterocycles. The van der Waals surface area contributed by atoms with E-state index < -0.39 is 53.9 Å². The minimum atomic E-state index is -5.65.